The normalized spacial score (nSPS) is 16.2. The van der Waals surface area contributed by atoms with E-state index >= 15 is 0 Å². The van der Waals surface area contributed by atoms with Crippen LogP contribution in [0.25, 0.3) is 0 Å². The number of carbonyl (C=O) groups excluding carboxylic acids is 2. The number of amides is 2. The van der Waals surface area contributed by atoms with Crippen molar-refractivity contribution in [3.63, 3.8) is 0 Å². The predicted octanol–water partition coefficient (Wildman–Crippen LogP) is 2.67. The largest absolute Gasteiger partial charge is 0.478 e. The van der Waals surface area contributed by atoms with E-state index in [9.17, 15) is 19.5 Å². The highest BCUT2D eigenvalue weighted by atomic mass is 16.4. The Labute approximate surface area is 176 Å². The van der Waals surface area contributed by atoms with Crippen LogP contribution in [0.2, 0.25) is 0 Å². The molecule has 0 rings (SSSR count). The average molecular weight is 412 g/mol. The number of nitrogens with one attached hydrogen (secondary N) is 2. The van der Waals surface area contributed by atoms with Crippen molar-refractivity contribution < 1.29 is 19.5 Å². The molecular weight excluding hydrogens is 370 g/mol. The third kappa shape index (κ3) is 7.80. The number of hydrogen-bond donors (Lipinski definition) is 3. The molecule has 0 aromatic carbocycles. The fourth-order valence-electron chi connectivity index (χ4n) is 3.26. The van der Waals surface area contributed by atoms with Crippen molar-refractivity contribution >= 4 is 17.8 Å². The summed E-state index contributed by atoms with van der Waals surface area (Å²) in [5, 5.41) is 15.2. The third-order valence-corrected chi connectivity index (χ3v) is 5.05. The number of carboxylic acid groups (broad SMARTS) is 1. The van der Waals surface area contributed by atoms with Crippen molar-refractivity contribution in [2.45, 2.75) is 80.4 Å². The van der Waals surface area contributed by atoms with Gasteiger partial charge < -0.3 is 20.6 Å². The Kier molecular flexibility index (Phi) is 9.57. The zero-order chi connectivity index (χ0) is 23.3. The van der Waals surface area contributed by atoms with E-state index < -0.39 is 29.5 Å². The lowest BCUT2D eigenvalue weighted by molar-refractivity contribution is -0.141. The first-order valence-electron chi connectivity index (χ1n) is 10.1. The minimum absolute atomic E-state index is 0.00852. The molecular formula is C22H41N3O4. The van der Waals surface area contributed by atoms with Crippen molar-refractivity contribution in [2.24, 2.45) is 16.7 Å². The predicted molar refractivity (Wildman–Crippen MR) is 116 cm³/mol. The van der Waals surface area contributed by atoms with Crippen LogP contribution in [0.3, 0.4) is 0 Å². The summed E-state index contributed by atoms with van der Waals surface area (Å²) in [5.41, 5.74) is -0.662. The van der Waals surface area contributed by atoms with Gasteiger partial charge in [0.15, 0.2) is 0 Å². The van der Waals surface area contributed by atoms with Gasteiger partial charge in [-0.3, -0.25) is 9.59 Å². The van der Waals surface area contributed by atoms with Gasteiger partial charge >= 0.3 is 5.97 Å². The van der Waals surface area contributed by atoms with Gasteiger partial charge in [0.2, 0.25) is 11.8 Å². The van der Waals surface area contributed by atoms with Crippen molar-refractivity contribution in [3.8, 4) is 0 Å². The van der Waals surface area contributed by atoms with Crippen LogP contribution in [0, 0.1) is 16.7 Å². The molecule has 1 unspecified atom stereocenters. The molecule has 0 fully saturated rings. The molecule has 3 N–H and O–H groups in total. The van der Waals surface area contributed by atoms with E-state index in [4.69, 9.17) is 0 Å². The molecule has 0 saturated heterocycles. The first-order chi connectivity index (χ1) is 12.9. The van der Waals surface area contributed by atoms with E-state index in [1.165, 1.54) is 6.92 Å². The van der Waals surface area contributed by atoms with E-state index in [1.54, 1.807) is 25.1 Å². The zero-order valence-corrected chi connectivity index (χ0v) is 20.0. The molecule has 0 bridgehead atoms. The number of hydrogen-bond acceptors (Lipinski definition) is 4. The minimum Gasteiger partial charge on any atom is -0.478 e. The van der Waals surface area contributed by atoms with Gasteiger partial charge in [-0.15, -0.1) is 0 Å². The maximum Gasteiger partial charge on any atom is 0.331 e. The minimum atomic E-state index is -1.01. The molecule has 168 valence electrons. The monoisotopic (exact) mass is 411 g/mol. The molecule has 0 radical (unpaired) electrons. The fraction of sp³-hybridized carbons (Fsp3) is 0.773. The van der Waals surface area contributed by atoms with Gasteiger partial charge in [0, 0.05) is 12.6 Å². The van der Waals surface area contributed by atoms with Gasteiger partial charge in [-0.1, -0.05) is 61.5 Å². The van der Waals surface area contributed by atoms with Crippen LogP contribution in [0.1, 0.15) is 62.3 Å². The number of aliphatic carboxylic acids is 1. The number of likely N-dealkylation sites (N-methyl/N-ethyl adjacent to an activating group) is 2. The Morgan fingerprint density at radius 1 is 0.966 bits per heavy atom. The fourth-order valence-corrected chi connectivity index (χ4v) is 3.26. The molecule has 0 spiro atoms. The molecule has 7 heteroatoms. The SMILES string of the molecule is CN[C@H](C(=O)N[C@H](C(=O)N(C)C(/C=C(\C)C(=O)O)C(C)C)C(C)(C)C)C(C)(C)C. The van der Waals surface area contributed by atoms with E-state index in [2.05, 4.69) is 10.6 Å². The number of nitrogens with zero attached hydrogens (tertiary/aromatic N) is 1. The van der Waals surface area contributed by atoms with Crippen LogP contribution >= 0.6 is 0 Å². The first-order valence-corrected chi connectivity index (χ1v) is 10.1. The second-order valence-corrected chi connectivity index (χ2v) is 10.2. The molecule has 0 heterocycles. The molecule has 0 aliphatic carbocycles. The van der Waals surface area contributed by atoms with Crippen LogP contribution in [-0.2, 0) is 14.4 Å². The van der Waals surface area contributed by atoms with E-state index in [0.717, 1.165) is 0 Å². The molecule has 0 saturated carbocycles. The van der Waals surface area contributed by atoms with Crippen molar-refractivity contribution in [1.82, 2.24) is 15.5 Å². The second kappa shape index (κ2) is 10.2. The summed E-state index contributed by atoms with van der Waals surface area (Å²) in [6.07, 6.45) is 1.60. The van der Waals surface area contributed by atoms with Gasteiger partial charge in [-0.05, 0) is 30.7 Å². The quantitative estimate of drug-likeness (QED) is 0.533. The van der Waals surface area contributed by atoms with Crippen LogP contribution in [0.5, 0.6) is 0 Å². The van der Waals surface area contributed by atoms with Gasteiger partial charge in [0.1, 0.15) is 6.04 Å². The van der Waals surface area contributed by atoms with E-state index in [-0.39, 0.29) is 28.7 Å². The first kappa shape index (κ1) is 27.1. The molecule has 7 nitrogen and oxygen atoms in total. The molecule has 3 atom stereocenters. The van der Waals surface area contributed by atoms with Gasteiger partial charge in [-0.25, -0.2) is 4.79 Å². The lowest BCUT2D eigenvalue weighted by Crippen LogP contribution is -2.60. The standard InChI is InChI=1S/C22H41N3O4/c1-13(2)15(12-14(3)20(28)29)25(11)19(27)17(22(7,8)9)24-18(26)16(23-10)21(4,5)6/h12-13,15-17,23H,1-11H3,(H,24,26)(H,28,29)/b14-12+/t15?,16-,17-/m1/s1. The molecule has 0 aromatic rings. The Morgan fingerprint density at radius 3 is 1.72 bits per heavy atom. The summed E-state index contributed by atoms with van der Waals surface area (Å²) in [7, 11) is 3.38. The molecule has 2 amide bonds. The van der Waals surface area contributed by atoms with Crippen LogP contribution in [0.4, 0.5) is 0 Å². The Hall–Kier alpha value is -1.89. The van der Waals surface area contributed by atoms with E-state index in [0.29, 0.717) is 0 Å². The number of carboxylic acids is 1. The lowest BCUT2D eigenvalue weighted by atomic mass is 9.83. The van der Waals surface area contributed by atoms with Crippen molar-refractivity contribution in [3.05, 3.63) is 11.6 Å². The van der Waals surface area contributed by atoms with Crippen molar-refractivity contribution in [1.29, 1.82) is 0 Å². The maximum absolute atomic E-state index is 13.4. The molecule has 29 heavy (non-hydrogen) atoms. The topological polar surface area (TPSA) is 98.7 Å². The van der Waals surface area contributed by atoms with Crippen molar-refractivity contribution in [2.75, 3.05) is 14.1 Å². The van der Waals surface area contributed by atoms with Gasteiger partial charge in [0.25, 0.3) is 0 Å². The highest BCUT2D eigenvalue weighted by Gasteiger charge is 2.39. The van der Waals surface area contributed by atoms with Gasteiger partial charge in [0.05, 0.1) is 12.1 Å². The summed E-state index contributed by atoms with van der Waals surface area (Å²) in [6, 6.07) is -1.61. The lowest BCUT2D eigenvalue weighted by Gasteiger charge is -2.39. The Bertz CT molecular complexity index is 627. The third-order valence-electron chi connectivity index (χ3n) is 5.05. The maximum atomic E-state index is 13.4. The Morgan fingerprint density at radius 2 is 1.41 bits per heavy atom. The highest BCUT2D eigenvalue weighted by molar-refractivity contribution is 5.91. The summed E-state index contributed by atoms with van der Waals surface area (Å²) in [4.78, 5) is 39.1. The van der Waals surface area contributed by atoms with E-state index in [1.807, 2.05) is 55.4 Å². The smallest absolute Gasteiger partial charge is 0.331 e. The second-order valence-electron chi connectivity index (χ2n) is 10.2. The van der Waals surface area contributed by atoms with Gasteiger partial charge in [-0.2, -0.15) is 0 Å². The highest BCUT2D eigenvalue weighted by Crippen LogP contribution is 2.25. The molecule has 0 aromatic heterocycles. The number of carbonyl (C=O) groups is 3. The van der Waals surface area contributed by atoms with Crippen LogP contribution < -0.4 is 10.6 Å². The van der Waals surface area contributed by atoms with Crippen LogP contribution in [-0.4, -0.2) is 60.0 Å². The summed E-state index contributed by atoms with van der Waals surface area (Å²) in [5.74, 6) is -1.49. The summed E-state index contributed by atoms with van der Waals surface area (Å²) in [6.45, 7) is 17.0. The van der Waals surface area contributed by atoms with Crippen LogP contribution in [0.15, 0.2) is 11.6 Å². The average Bonchev–Trinajstić information content (AvgIpc) is 2.53. The summed E-state index contributed by atoms with van der Waals surface area (Å²) >= 11 is 0. The summed E-state index contributed by atoms with van der Waals surface area (Å²) < 4.78 is 0. The number of rotatable bonds is 8. The Balaban J connectivity index is 5.89. The zero-order valence-electron chi connectivity index (χ0n) is 20.0. The molecule has 0 aliphatic rings. The molecule has 0 aliphatic heterocycles.